The first-order valence-electron chi connectivity index (χ1n) is 5.99. The molecule has 0 saturated carbocycles. The lowest BCUT2D eigenvalue weighted by Gasteiger charge is -2.11. The molecule has 1 saturated heterocycles. The van der Waals surface area contributed by atoms with E-state index in [0.717, 1.165) is 0 Å². The van der Waals surface area contributed by atoms with Crippen LogP contribution in [0.2, 0.25) is 0 Å². The molecule has 0 aliphatic carbocycles. The SMILES string of the molecule is COC(=O)c1cnc(N2CC(CSC(C)=O)CC2=O)o1. The molecule has 7 nitrogen and oxygen atoms in total. The zero-order valence-electron chi connectivity index (χ0n) is 11.1. The molecule has 0 bridgehead atoms. The van der Waals surface area contributed by atoms with Crippen molar-refractivity contribution in [3.63, 3.8) is 0 Å². The maximum atomic E-state index is 11.9. The van der Waals surface area contributed by atoms with Gasteiger partial charge < -0.3 is 9.15 Å². The molecule has 1 unspecified atom stereocenters. The smallest absolute Gasteiger partial charge is 0.375 e. The van der Waals surface area contributed by atoms with Gasteiger partial charge in [0.25, 0.3) is 0 Å². The molecule has 2 rings (SSSR count). The van der Waals surface area contributed by atoms with Gasteiger partial charge in [0.15, 0.2) is 5.12 Å². The van der Waals surface area contributed by atoms with E-state index in [-0.39, 0.29) is 28.7 Å². The molecule has 20 heavy (non-hydrogen) atoms. The van der Waals surface area contributed by atoms with Crippen LogP contribution in [0.4, 0.5) is 6.01 Å². The second-order valence-electron chi connectivity index (χ2n) is 4.38. The van der Waals surface area contributed by atoms with E-state index in [2.05, 4.69) is 9.72 Å². The fourth-order valence-electron chi connectivity index (χ4n) is 1.90. The van der Waals surface area contributed by atoms with Gasteiger partial charge in [-0.3, -0.25) is 14.5 Å². The van der Waals surface area contributed by atoms with Crippen LogP contribution in [0.25, 0.3) is 0 Å². The minimum absolute atomic E-state index is 0.0278. The van der Waals surface area contributed by atoms with E-state index >= 15 is 0 Å². The van der Waals surface area contributed by atoms with E-state index in [1.165, 1.54) is 36.9 Å². The van der Waals surface area contributed by atoms with E-state index in [4.69, 9.17) is 4.42 Å². The number of methoxy groups -OCH3 is 1. The summed E-state index contributed by atoms with van der Waals surface area (Å²) in [5.74, 6) is -0.152. The fraction of sp³-hybridized carbons (Fsp3) is 0.500. The Morgan fingerprint density at radius 1 is 1.60 bits per heavy atom. The molecule has 1 aromatic rings. The first kappa shape index (κ1) is 14.6. The maximum absolute atomic E-state index is 11.9. The molecule has 2 heterocycles. The molecule has 0 N–H and O–H groups in total. The van der Waals surface area contributed by atoms with Gasteiger partial charge in [-0.05, 0) is 5.92 Å². The molecule has 1 aliphatic heterocycles. The van der Waals surface area contributed by atoms with E-state index < -0.39 is 5.97 Å². The Morgan fingerprint density at radius 2 is 2.35 bits per heavy atom. The number of aromatic nitrogens is 1. The second kappa shape index (κ2) is 6.08. The second-order valence-corrected chi connectivity index (χ2v) is 5.57. The van der Waals surface area contributed by atoms with Crippen molar-refractivity contribution in [1.29, 1.82) is 0 Å². The molecule has 0 radical (unpaired) electrons. The summed E-state index contributed by atoms with van der Waals surface area (Å²) >= 11 is 1.20. The minimum Gasteiger partial charge on any atom is -0.463 e. The Bertz CT molecular complexity index is 542. The summed E-state index contributed by atoms with van der Waals surface area (Å²) in [5.41, 5.74) is 0. The number of hydrogen-bond acceptors (Lipinski definition) is 7. The number of amides is 1. The van der Waals surface area contributed by atoms with Gasteiger partial charge in [-0.15, -0.1) is 0 Å². The number of carbonyl (C=O) groups is 3. The normalized spacial score (nSPS) is 18.4. The Hall–Kier alpha value is -1.83. The number of thioether (sulfide) groups is 1. The molecule has 0 spiro atoms. The Morgan fingerprint density at radius 3 is 3.00 bits per heavy atom. The van der Waals surface area contributed by atoms with Crippen molar-refractivity contribution in [2.75, 3.05) is 24.3 Å². The summed E-state index contributed by atoms with van der Waals surface area (Å²) in [6.07, 6.45) is 1.57. The first-order valence-corrected chi connectivity index (χ1v) is 6.97. The summed E-state index contributed by atoms with van der Waals surface area (Å²) in [4.78, 5) is 39.4. The zero-order chi connectivity index (χ0) is 14.7. The van der Waals surface area contributed by atoms with Gasteiger partial charge in [0, 0.05) is 25.6 Å². The minimum atomic E-state index is -0.640. The van der Waals surface area contributed by atoms with Crippen LogP contribution < -0.4 is 4.90 Å². The van der Waals surface area contributed by atoms with E-state index in [1.807, 2.05) is 0 Å². The van der Waals surface area contributed by atoms with Gasteiger partial charge in [0.1, 0.15) is 0 Å². The predicted molar refractivity (Wildman–Crippen MR) is 71.4 cm³/mol. The topological polar surface area (TPSA) is 89.7 Å². The van der Waals surface area contributed by atoms with Gasteiger partial charge in [0.05, 0.1) is 13.3 Å². The van der Waals surface area contributed by atoms with Gasteiger partial charge in [0.2, 0.25) is 11.7 Å². The largest absolute Gasteiger partial charge is 0.463 e. The summed E-state index contributed by atoms with van der Waals surface area (Å²) in [6.45, 7) is 1.93. The van der Waals surface area contributed by atoms with Crippen LogP contribution in [0.15, 0.2) is 10.6 Å². The number of rotatable bonds is 4. The third-order valence-corrected chi connectivity index (χ3v) is 3.88. The van der Waals surface area contributed by atoms with Crippen molar-refractivity contribution in [3.05, 3.63) is 12.0 Å². The van der Waals surface area contributed by atoms with Crippen LogP contribution >= 0.6 is 11.8 Å². The summed E-state index contributed by atoms with van der Waals surface area (Å²) in [7, 11) is 1.24. The van der Waals surface area contributed by atoms with Crippen LogP contribution in [0.3, 0.4) is 0 Å². The van der Waals surface area contributed by atoms with Crippen molar-refractivity contribution in [2.24, 2.45) is 5.92 Å². The van der Waals surface area contributed by atoms with E-state index in [0.29, 0.717) is 18.7 Å². The van der Waals surface area contributed by atoms with Crippen LogP contribution in [0, 0.1) is 5.92 Å². The lowest BCUT2D eigenvalue weighted by Crippen LogP contribution is -2.25. The third-order valence-electron chi connectivity index (χ3n) is 2.84. The fourth-order valence-corrected chi connectivity index (χ4v) is 2.59. The number of hydrogen-bond donors (Lipinski definition) is 0. The highest BCUT2D eigenvalue weighted by Crippen LogP contribution is 2.27. The van der Waals surface area contributed by atoms with Gasteiger partial charge in [-0.25, -0.2) is 9.78 Å². The van der Waals surface area contributed by atoms with E-state index in [1.54, 1.807) is 0 Å². The molecule has 1 aliphatic rings. The predicted octanol–water partition coefficient (Wildman–Crippen LogP) is 1.09. The van der Waals surface area contributed by atoms with Crippen LogP contribution in [-0.2, 0) is 14.3 Å². The molecule has 108 valence electrons. The first-order chi connectivity index (χ1) is 9.51. The quantitative estimate of drug-likeness (QED) is 0.769. The average Bonchev–Trinajstić information content (AvgIpc) is 3.01. The van der Waals surface area contributed by atoms with Gasteiger partial charge in [-0.1, -0.05) is 11.8 Å². The number of nitrogens with zero attached hydrogens (tertiary/aromatic N) is 2. The molecule has 8 heteroatoms. The van der Waals surface area contributed by atoms with Crippen molar-refractivity contribution < 1.29 is 23.5 Å². The molecule has 1 atom stereocenters. The van der Waals surface area contributed by atoms with Crippen LogP contribution in [0.1, 0.15) is 23.9 Å². The number of ether oxygens (including phenoxy) is 1. The van der Waals surface area contributed by atoms with Crippen molar-refractivity contribution in [1.82, 2.24) is 4.98 Å². The summed E-state index contributed by atoms with van der Waals surface area (Å²) in [5, 5.41) is 0.0278. The lowest BCUT2D eigenvalue weighted by atomic mass is 10.1. The van der Waals surface area contributed by atoms with Crippen molar-refractivity contribution in [3.8, 4) is 0 Å². The highest BCUT2D eigenvalue weighted by Gasteiger charge is 2.33. The number of oxazole rings is 1. The summed E-state index contributed by atoms with van der Waals surface area (Å²) < 4.78 is 9.72. The van der Waals surface area contributed by atoms with Gasteiger partial charge >= 0.3 is 12.0 Å². The third kappa shape index (κ3) is 3.19. The molecule has 0 aromatic carbocycles. The standard InChI is InChI=1S/C12H14N2O5S/c1-7(15)20-6-8-3-10(16)14(5-8)12-13-4-9(19-12)11(17)18-2/h4,8H,3,5-6H2,1-2H3. The van der Waals surface area contributed by atoms with Crippen LogP contribution in [0.5, 0.6) is 0 Å². The van der Waals surface area contributed by atoms with Crippen molar-refractivity contribution >= 4 is 34.8 Å². The monoisotopic (exact) mass is 298 g/mol. The highest BCUT2D eigenvalue weighted by atomic mass is 32.2. The number of carbonyl (C=O) groups excluding carboxylic acids is 3. The number of esters is 1. The van der Waals surface area contributed by atoms with Crippen molar-refractivity contribution in [2.45, 2.75) is 13.3 Å². The molecular weight excluding hydrogens is 284 g/mol. The Balaban J connectivity index is 2.02. The zero-order valence-corrected chi connectivity index (χ0v) is 11.9. The Kier molecular flexibility index (Phi) is 4.43. The lowest BCUT2D eigenvalue weighted by molar-refractivity contribution is -0.117. The average molecular weight is 298 g/mol. The molecular formula is C12H14N2O5S. The Labute approximate surface area is 119 Å². The summed E-state index contributed by atoms with van der Waals surface area (Å²) in [6, 6.07) is 0.0886. The maximum Gasteiger partial charge on any atom is 0.375 e. The molecule has 1 amide bonds. The number of anilines is 1. The highest BCUT2D eigenvalue weighted by molar-refractivity contribution is 8.13. The molecule has 1 aromatic heterocycles. The molecule has 1 fully saturated rings. The van der Waals surface area contributed by atoms with Gasteiger partial charge in [-0.2, -0.15) is 0 Å². The van der Waals surface area contributed by atoms with Crippen LogP contribution in [-0.4, -0.2) is 41.4 Å². The van der Waals surface area contributed by atoms with E-state index in [9.17, 15) is 14.4 Å².